The number of rotatable bonds is 3. The normalized spacial score (nSPS) is 22.9. The van der Waals surface area contributed by atoms with Crippen molar-refractivity contribution >= 4 is 21.6 Å². The van der Waals surface area contributed by atoms with Crippen LogP contribution in [0.2, 0.25) is 0 Å². The molecule has 1 aromatic carbocycles. The number of hydrogen-bond donors (Lipinski definition) is 1. The molecule has 0 spiro atoms. The van der Waals surface area contributed by atoms with Gasteiger partial charge in [0.05, 0.1) is 11.9 Å². The Morgan fingerprint density at radius 3 is 2.57 bits per heavy atom. The van der Waals surface area contributed by atoms with Crippen LogP contribution in [0, 0.1) is 0 Å². The van der Waals surface area contributed by atoms with Gasteiger partial charge in [0.2, 0.25) is 10.0 Å². The number of amides is 1. The summed E-state index contributed by atoms with van der Waals surface area (Å²) in [5, 5.41) is 3.14. The Bertz CT molecular complexity index is 736. The molecule has 23 heavy (non-hydrogen) atoms. The predicted octanol–water partition coefficient (Wildman–Crippen LogP) is 2.46. The van der Waals surface area contributed by atoms with E-state index in [0.29, 0.717) is 17.7 Å². The fourth-order valence-corrected chi connectivity index (χ4v) is 5.14. The number of carbonyl (C=O) groups is 1. The molecule has 1 saturated carbocycles. The molecule has 0 aromatic heterocycles. The second-order valence-corrected chi connectivity index (χ2v) is 9.04. The van der Waals surface area contributed by atoms with Crippen molar-refractivity contribution in [2.75, 3.05) is 10.6 Å². The van der Waals surface area contributed by atoms with Gasteiger partial charge < -0.3 is 5.32 Å². The highest BCUT2D eigenvalue weighted by molar-refractivity contribution is 7.92. The Labute approximate surface area is 138 Å². The van der Waals surface area contributed by atoms with Gasteiger partial charge in [-0.05, 0) is 56.9 Å². The van der Waals surface area contributed by atoms with Crippen LogP contribution < -0.4 is 9.62 Å². The van der Waals surface area contributed by atoms with Crippen molar-refractivity contribution in [2.45, 2.75) is 57.5 Å². The lowest BCUT2D eigenvalue weighted by Crippen LogP contribution is -2.43. The molecule has 1 N–H and O–H groups in total. The molecule has 126 valence electrons. The molecule has 0 radical (unpaired) electrons. The van der Waals surface area contributed by atoms with Crippen molar-refractivity contribution in [1.82, 2.24) is 5.32 Å². The summed E-state index contributed by atoms with van der Waals surface area (Å²) in [6.07, 6.45) is 6.20. The molecule has 2 aliphatic rings. The van der Waals surface area contributed by atoms with Crippen molar-refractivity contribution < 1.29 is 13.2 Å². The molecule has 1 atom stereocenters. The van der Waals surface area contributed by atoms with E-state index < -0.39 is 10.0 Å². The average Bonchev–Trinajstić information content (AvgIpc) is 2.99. The summed E-state index contributed by atoms with van der Waals surface area (Å²) in [5.74, 6) is -0.0670. The Kier molecular flexibility index (Phi) is 3.91. The third kappa shape index (κ3) is 3.09. The number of hydrogen-bond acceptors (Lipinski definition) is 3. The lowest BCUT2D eigenvalue weighted by Gasteiger charge is -2.25. The minimum Gasteiger partial charge on any atom is -0.347 e. The highest BCUT2D eigenvalue weighted by Gasteiger charge is 2.34. The monoisotopic (exact) mass is 336 g/mol. The summed E-state index contributed by atoms with van der Waals surface area (Å²) in [6, 6.07) is 5.21. The molecule has 1 amide bonds. The van der Waals surface area contributed by atoms with Crippen LogP contribution in [0.1, 0.15) is 55.5 Å². The minimum absolute atomic E-state index is 0.0670. The van der Waals surface area contributed by atoms with Gasteiger partial charge in [-0.3, -0.25) is 9.10 Å². The quantitative estimate of drug-likeness (QED) is 0.922. The summed E-state index contributed by atoms with van der Waals surface area (Å²) in [4.78, 5) is 12.5. The number of anilines is 1. The second kappa shape index (κ2) is 5.51. The van der Waals surface area contributed by atoms with E-state index in [-0.39, 0.29) is 17.5 Å². The van der Waals surface area contributed by atoms with E-state index in [0.717, 1.165) is 31.2 Å². The zero-order valence-electron chi connectivity index (χ0n) is 13.9. The van der Waals surface area contributed by atoms with Gasteiger partial charge in [-0.25, -0.2) is 8.42 Å². The van der Waals surface area contributed by atoms with Gasteiger partial charge in [-0.1, -0.05) is 12.8 Å². The maximum atomic E-state index is 12.5. The first kappa shape index (κ1) is 16.3. The zero-order chi connectivity index (χ0) is 16.8. The van der Waals surface area contributed by atoms with Crippen molar-refractivity contribution in [1.29, 1.82) is 0 Å². The summed E-state index contributed by atoms with van der Waals surface area (Å²) in [5.41, 5.74) is 2.12. The van der Waals surface area contributed by atoms with Crippen LogP contribution in [0.3, 0.4) is 0 Å². The number of nitrogens with zero attached hydrogens (tertiary/aromatic N) is 1. The first-order chi connectivity index (χ1) is 10.7. The fraction of sp³-hybridized carbons (Fsp3) is 0.588. The molecule has 1 heterocycles. The van der Waals surface area contributed by atoms with E-state index in [4.69, 9.17) is 0 Å². The first-order valence-corrected chi connectivity index (χ1v) is 9.99. The Morgan fingerprint density at radius 2 is 1.96 bits per heavy atom. The summed E-state index contributed by atoms with van der Waals surface area (Å²) >= 11 is 0. The number of benzene rings is 1. The van der Waals surface area contributed by atoms with Gasteiger partial charge in [0.15, 0.2) is 0 Å². The standard InChI is InChI=1S/C17H24N2O3S/c1-12-10-14-11-13(6-7-15(14)19(12)23(3,21)22)16(20)18-17(2)8-4-5-9-17/h6-7,11-12H,4-5,8-10H2,1-3H3,(H,18,20). The van der Waals surface area contributed by atoms with Crippen LogP contribution in [0.5, 0.6) is 0 Å². The van der Waals surface area contributed by atoms with E-state index in [9.17, 15) is 13.2 Å². The van der Waals surface area contributed by atoms with Gasteiger partial charge in [0.25, 0.3) is 5.91 Å². The number of fused-ring (bicyclic) bond motifs is 1. The zero-order valence-corrected chi connectivity index (χ0v) is 14.7. The molecular formula is C17H24N2O3S. The van der Waals surface area contributed by atoms with E-state index >= 15 is 0 Å². The summed E-state index contributed by atoms with van der Waals surface area (Å²) < 4.78 is 25.3. The number of nitrogens with one attached hydrogen (secondary N) is 1. The van der Waals surface area contributed by atoms with E-state index in [1.54, 1.807) is 12.1 Å². The lowest BCUT2D eigenvalue weighted by atomic mass is 9.99. The molecule has 1 aromatic rings. The third-order valence-electron chi connectivity index (χ3n) is 4.97. The minimum atomic E-state index is -3.29. The topological polar surface area (TPSA) is 66.5 Å². The Morgan fingerprint density at radius 1 is 1.30 bits per heavy atom. The highest BCUT2D eigenvalue weighted by atomic mass is 32.2. The van der Waals surface area contributed by atoms with Gasteiger partial charge in [0.1, 0.15) is 0 Å². The molecule has 6 heteroatoms. The third-order valence-corrected chi connectivity index (χ3v) is 6.25. The van der Waals surface area contributed by atoms with Crippen molar-refractivity contribution in [3.05, 3.63) is 29.3 Å². The van der Waals surface area contributed by atoms with Crippen LogP contribution in [0.4, 0.5) is 5.69 Å². The second-order valence-electron chi connectivity index (χ2n) is 7.18. The molecule has 1 fully saturated rings. The van der Waals surface area contributed by atoms with E-state index in [1.807, 2.05) is 13.0 Å². The lowest BCUT2D eigenvalue weighted by molar-refractivity contribution is 0.0908. The van der Waals surface area contributed by atoms with Crippen LogP contribution >= 0.6 is 0 Å². The van der Waals surface area contributed by atoms with Crippen LogP contribution in [-0.4, -0.2) is 32.2 Å². The number of carbonyl (C=O) groups excluding carboxylic acids is 1. The van der Waals surface area contributed by atoms with E-state index in [1.165, 1.54) is 10.6 Å². The van der Waals surface area contributed by atoms with Crippen molar-refractivity contribution in [2.24, 2.45) is 0 Å². The van der Waals surface area contributed by atoms with Gasteiger partial charge in [-0.15, -0.1) is 0 Å². The SMILES string of the molecule is CC1Cc2cc(C(=O)NC3(C)CCCC3)ccc2N1S(C)(=O)=O. The molecule has 5 nitrogen and oxygen atoms in total. The summed E-state index contributed by atoms with van der Waals surface area (Å²) in [6.45, 7) is 3.99. The molecule has 3 rings (SSSR count). The number of sulfonamides is 1. The molecule has 1 aliphatic carbocycles. The first-order valence-electron chi connectivity index (χ1n) is 8.14. The molecule has 1 aliphatic heterocycles. The van der Waals surface area contributed by atoms with Gasteiger partial charge in [-0.2, -0.15) is 0 Å². The largest absolute Gasteiger partial charge is 0.347 e. The molecule has 0 saturated heterocycles. The maximum Gasteiger partial charge on any atom is 0.251 e. The van der Waals surface area contributed by atoms with Crippen LogP contribution in [0.25, 0.3) is 0 Å². The van der Waals surface area contributed by atoms with Crippen molar-refractivity contribution in [3.8, 4) is 0 Å². The molecule has 1 unspecified atom stereocenters. The molecule has 0 bridgehead atoms. The Hall–Kier alpha value is -1.56. The average molecular weight is 336 g/mol. The van der Waals surface area contributed by atoms with Crippen molar-refractivity contribution in [3.63, 3.8) is 0 Å². The fourth-order valence-electron chi connectivity index (χ4n) is 3.88. The smallest absolute Gasteiger partial charge is 0.251 e. The molecular weight excluding hydrogens is 312 g/mol. The van der Waals surface area contributed by atoms with E-state index in [2.05, 4.69) is 12.2 Å². The highest BCUT2D eigenvalue weighted by Crippen LogP contribution is 2.35. The maximum absolute atomic E-state index is 12.5. The summed E-state index contributed by atoms with van der Waals surface area (Å²) in [7, 11) is -3.29. The van der Waals surface area contributed by atoms with Gasteiger partial charge in [0, 0.05) is 17.1 Å². The predicted molar refractivity (Wildman–Crippen MR) is 91.3 cm³/mol. The Balaban J connectivity index is 1.85. The van der Waals surface area contributed by atoms with Gasteiger partial charge >= 0.3 is 0 Å². The van der Waals surface area contributed by atoms with Crippen LogP contribution in [0.15, 0.2) is 18.2 Å². The van der Waals surface area contributed by atoms with Crippen LogP contribution in [-0.2, 0) is 16.4 Å².